The second-order valence-corrected chi connectivity index (χ2v) is 28.9. The van der Waals surface area contributed by atoms with Crippen molar-refractivity contribution in [3.8, 4) is 22.8 Å². The second kappa shape index (κ2) is 30.4. The van der Waals surface area contributed by atoms with Gasteiger partial charge in [0.15, 0.2) is 11.3 Å². The highest BCUT2D eigenvalue weighted by Crippen LogP contribution is 2.40. The number of anilines is 6. The molecule has 8 aliphatic rings. The van der Waals surface area contributed by atoms with Gasteiger partial charge in [-0.2, -0.15) is 0 Å². The van der Waals surface area contributed by atoms with Gasteiger partial charge in [0.05, 0.1) is 58.1 Å². The predicted molar refractivity (Wildman–Crippen MR) is 404 cm³/mol. The minimum Gasteiger partial charge on any atom is -0.399 e. The molecule has 0 saturated carbocycles. The topological polar surface area (TPSA) is 338 Å². The van der Waals surface area contributed by atoms with Crippen molar-refractivity contribution in [2.75, 3.05) is 69.9 Å². The number of aromatic nitrogens is 8. The number of nitrogen functional groups attached to an aromatic ring is 1. The van der Waals surface area contributed by atoms with Gasteiger partial charge in [-0.15, -0.1) is 10.2 Å². The Balaban J connectivity index is 0.000000142. The molecule has 18 rings (SSSR count). The number of carbonyl (C=O) groups is 10. The monoisotopic (exact) mass is 1520 g/mol. The second-order valence-electron chi connectivity index (χ2n) is 28.6. The number of pyridine rings is 2. The van der Waals surface area contributed by atoms with E-state index in [1.807, 2.05) is 77.3 Å². The number of nitrogens with two attached hydrogens (primary N) is 1. The van der Waals surface area contributed by atoms with Crippen LogP contribution in [0.2, 0.25) is 0 Å². The van der Waals surface area contributed by atoms with Gasteiger partial charge < -0.3 is 30.7 Å². The minimum atomic E-state index is -1.06. The summed E-state index contributed by atoms with van der Waals surface area (Å²) in [5, 5.41) is 16.9. The molecule has 4 atom stereocenters. The number of piperidine rings is 4. The van der Waals surface area contributed by atoms with E-state index >= 15 is 0 Å². The maximum Gasteiger partial charge on any atom is 0.262 e. The Morgan fingerprint density at radius 1 is 0.459 bits per heavy atom. The Morgan fingerprint density at radius 2 is 0.910 bits per heavy atom. The summed E-state index contributed by atoms with van der Waals surface area (Å²) in [6.07, 6.45) is 10.4. The molecule has 0 aliphatic carbocycles. The van der Waals surface area contributed by atoms with Crippen molar-refractivity contribution < 1.29 is 56.7 Å². The van der Waals surface area contributed by atoms with Gasteiger partial charge in [-0.05, 0) is 196 Å². The number of hydrogen-bond donors (Lipinski definition) is 4. The third-order valence-electron chi connectivity index (χ3n) is 21.8. The molecule has 0 bridgehead atoms. The molecule has 5 N–H and O–H groups in total. The first kappa shape index (κ1) is 72.5. The van der Waals surface area contributed by atoms with Gasteiger partial charge >= 0.3 is 0 Å². The van der Waals surface area contributed by atoms with Crippen molar-refractivity contribution in [2.24, 2.45) is 11.8 Å². The van der Waals surface area contributed by atoms with Crippen molar-refractivity contribution in [2.45, 2.75) is 101 Å². The highest BCUT2D eigenvalue weighted by molar-refractivity contribution is 6.64. The first-order valence-corrected chi connectivity index (χ1v) is 37.3. The highest BCUT2D eigenvalue weighted by atomic mass is 35.5. The molecule has 6 saturated heterocycles. The van der Waals surface area contributed by atoms with Crippen molar-refractivity contribution in [1.29, 1.82) is 0 Å². The molecule has 564 valence electrons. The standard InChI is InChI=1S/C40H36FN9O5.C27H26ClFN6O.C13H11N3O4/c41-25-5-1-4-24(20-25)30-7-3-17-48(30)35-13-12-33-42-22-32(50(33)46-35)29-6-2-8-34(44-29)47-18-15-23(16-19-47)37(52)43-26-9-10-27-28(21-26)40(55)49(39(27)54)31-11-14-36(51)45-38(31)53;28-27(36)18-11-14-33(15-12-18)25-8-2-6-21(31-25)23-17-30-24-9-10-26(32-35(23)24)34-13-3-7-22(34)19-4-1-5-20(29)16-19;14-6-1-2-7-8(5-6)13(20)16(12(7)19)9-3-4-10(17)15-11(9)18/h1-2,4-6,8-10,12-13,20-23,30-31H,3,7,11,14-19H2,(H,43,52)(H,45,51,53);1-2,4-6,8-10,16-18,22H,3,7,11-15H2;1-2,5,9H,3-4,14H2,(H,15,17,18)/t30-,31?;22-;/m11./s1. The summed E-state index contributed by atoms with van der Waals surface area (Å²) in [7, 11) is 0. The Hall–Kier alpha value is -12.7. The van der Waals surface area contributed by atoms with Crippen LogP contribution < -0.4 is 41.3 Å². The molecular formula is C80H73ClF2N18O10. The first-order valence-electron chi connectivity index (χ1n) is 36.9. The van der Waals surface area contributed by atoms with Crippen molar-refractivity contribution in [1.82, 2.24) is 59.6 Å². The molecule has 14 heterocycles. The SMILES string of the molecule is Nc1ccc2c(c1)C(=O)N(C1CCC(=O)NC1=O)C2=O.O=C(Cl)C1CCN(c2cccc(-c3cnc4ccc(N5CCC[C@@H]5c5cccc(F)c5)nn34)n2)CC1.O=C1CCC(N2C(=O)c3ccc(NC(=O)C4CCN(c5cccc(-c6cnc7ccc(N8CCC[C@@H]8c8cccc(F)c8)nn67)n5)CC4)cc3C2=O)C(=O)N1. The molecule has 10 aromatic rings. The number of imide groups is 4. The number of halogens is 3. The number of rotatable bonds is 13. The predicted octanol–water partition coefficient (Wildman–Crippen LogP) is 9.45. The summed E-state index contributed by atoms with van der Waals surface area (Å²) in [6, 6.07) is 40.2. The van der Waals surface area contributed by atoms with Crippen LogP contribution in [0, 0.1) is 23.5 Å². The molecule has 6 aromatic heterocycles. The molecule has 4 aromatic carbocycles. The number of carbonyl (C=O) groups excluding carboxylic acids is 10. The van der Waals surface area contributed by atoms with E-state index < -0.39 is 59.3 Å². The highest BCUT2D eigenvalue weighted by Gasteiger charge is 2.47. The zero-order valence-corrected chi connectivity index (χ0v) is 60.5. The molecule has 8 aliphatic heterocycles. The molecule has 0 radical (unpaired) electrons. The quantitative estimate of drug-likeness (QED) is 0.0474. The van der Waals surface area contributed by atoms with Gasteiger partial charge in [-0.1, -0.05) is 36.4 Å². The third kappa shape index (κ3) is 14.4. The van der Waals surface area contributed by atoms with Gasteiger partial charge in [-0.3, -0.25) is 68.4 Å². The number of amides is 9. The number of benzene rings is 4. The molecule has 2 unspecified atom stereocenters. The molecule has 6 fully saturated rings. The van der Waals surface area contributed by atoms with Crippen LogP contribution in [0.3, 0.4) is 0 Å². The van der Waals surface area contributed by atoms with Crippen LogP contribution in [0.1, 0.15) is 142 Å². The molecule has 9 amide bonds. The molecular weight excluding hydrogens is 1450 g/mol. The van der Waals surface area contributed by atoms with E-state index in [-0.39, 0.29) is 94.6 Å². The fraction of sp³-hybridized carbons (Fsp3) is 0.300. The van der Waals surface area contributed by atoms with Gasteiger partial charge in [0.2, 0.25) is 34.8 Å². The fourth-order valence-corrected chi connectivity index (χ4v) is 16.3. The van der Waals surface area contributed by atoms with Gasteiger partial charge in [-0.25, -0.2) is 37.7 Å². The normalized spacial score (nSPS) is 20.1. The lowest BCUT2D eigenvalue weighted by atomic mass is 9.95. The maximum atomic E-state index is 14.1. The van der Waals surface area contributed by atoms with Crippen LogP contribution in [-0.2, 0) is 28.8 Å². The Bertz CT molecular complexity index is 5470. The van der Waals surface area contributed by atoms with Crippen LogP contribution in [-0.4, -0.2) is 159 Å². The van der Waals surface area contributed by atoms with E-state index in [9.17, 15) is 56.7 Å². The number of fused-ring (bicyclic) bond motifs is 4. The van der Waals surface area contributed by atoms with Crippen molar-refractivity contribution in [3.05, 3.63) is 203 Å². The lowest BCUT2D eigenvalue weighted by molar-refractivity contribution is -0.137. The maximum absolute atomic E-state index is 14.1. The van der Waals surface area contributed by atoms with E-state index in [0.29, 0.717) is 48.6 Å². The summed E-state index contributed by atoms with van der Waals surface area (Å²) in [5.41, 5.74) is 13.4. The van der Waals surface area contributed by atoms with Crippen LogP contribution >= 0.6 is 11.6 Å². The first-order chi connectivity index (χ1) is 53.8. The molecule has 28 nitrogen and oxygen atoms in total. The van der Waals surface area contributed by atoms with E-state index in [2.05, 4.69) is 45.5 Å². The number of nitrogens with zero attached hydrogens (tertiary/aromatic N) is 14. The van der Waals surface area contributed by atoms with E-state index in [1.54, 1.807) is 47.2 Å². The Morgan fingerprint density at radius 3 is 1.38 bits per heavy atom. The minimum absolute atomic E-state index is 0.0280. The van der Waals surface area contributed by atoms with E-state index in [0.717, 1.165) is 132 Å². The lowest BCUT2D eigenvalue weighted by Gasteiger charge is -2.32. The largest absolute Gasteiger partial charge is 0.399 e. The smallest absolute Gasteiger partial charge is 0.262 e. The van der Waals surface area contributed by atoms with E-state index in [4.69, 9.17) is 37.5 Å². The van der Waals surface area contributed by atoms with Gasteiger partial charge in [0, 0.05) is 75.3 Å². The third-order valence-corrected chi connectivity index (χ3v) is 22.1. The summed E-state index contributed by atoms with van der Waals surface area (Å²) < 4.78 is 31.6. The zero-order valence-electron chi connectivity index (χ0n) is 59.8. The van der Waals surface area contributed by atoms with E-state index in [1.165, 1.54) is 42.5 Å². The molecule has 0 spiro atoms. The summed E-state index contributed by atoms with van der Waals surface area (Å²) >= 11 is 5.70. The molecule has 111 heavy (non-hydrogen) atoms. The number of nitrogens with one attached hydrogen (secondary N) is 3. The van der Waals surface area contributed by atoms with Gasteiger partial charge in [0.25, 0.3) is 23.6 Å². The fourth-order valence-electron chi connectivity index (χ4n) is 16.1. The summed E-state index contributed by atoms with van der Waals surface area (Å²) in [5.74, 6) is -2.21. The number of hydrogen-bond acceptors (Lipinski definition) is 21. The van der Waals surface area contributed by atoms with Crippen LogP contribution in [0.15, 0.2) is 158 Å². The molecule has 31 heteroatoms. The van der Waals surface area contributed by atoms with Crippen LogP contribution in [0.25, 0.3) is 34.1 Å². The van der Waals surface area contributed by atoms with Crippen LogP contribution in [0.4, 0.5) is 43.4 Å². The van der Waals surface area contributed by atoms with Crippen LogP contribution in [0.5, 0.6) is 0 Å². The Kier molecular flexibility index (Phi) is 19.8. The zero-order chi connectivity index (χ0) is 76.9. The van der Waals surface area contributed by atoms with Gasteiger partial charge in [0.1, 0.15) is 58.4 Å². The summed E-state index contributed by atoms with van der Waals surface area (Å²) in [6.45, 7) is 4.34. The average molecular weight is 1520 g/mol. The average Bonchev–Trinajstić information content (AvgIpc) is 1.62. The van der Waals surface area contributed by atoms with Crippen molar-refractivity contribution >= 4 is 116 Å². The van der Waals surface area contributed by atoms with Crippen molar-refractivity contribution in [3.63, 3.8) is 0 Å². The number of imidazole rings is 2. The summed E-state index contributed by atoms with van der Waals surface area (Å²) in [4.78, 5) is 152. The lowest BCUT2D eigenvalue weighted by Crippen LogP contribution is -2.54. The Labute approximate surface area is 637 Å².